The highest BCUT2D eigenvalue weighted by atomic mass is 32.1. The molecule has 136 valence electrons. The van der Waals surface area contributed by atoms with Crippen LogP contribution >= 0.6 is 22.7 Å². The first kappa shape index (κ1) is 18.3. The van der Waals surface area contributed by atoms with Gasteiger partial charge in [0.1, 0.15) is 10.6 Å². The third kappa shape index (κ3) is 3.15. The molecular formula is C17H16N2O5S2. The summed E-state index contributed by atoms with van der Waals surface area (Å²) in [5, 5.41) is 1.87. The smallest absolute Gasteiger partial charge is 0.338 e. The number of methoxy groups -OCH3 is 1. The van der Waals surface area contributed by atoms with Crippen molar-refractivity contribution >= 4 is 40.7 Å². The zero-order valence-corrected chi connectivity index (χ0v) is 16.0. The first-order valence-electron chi connectivity index (χ1n) is 7.79. The number of carbonyl (C=O) groups excluding carboxylic acids is 2. The molecule has 0 amide bonds. The monoisotopic (exact) mass is 392 g/mol. The predicted octanol–water partition coefficient (Wildman–Crippen LogP) is 0.984. The van der Waals surface area contributed by atoms with Crippen LogP contribution in [0.3, 0.4) is 0 Å². The summed E-state index contributed by atoms with van der Waals surface area (Å²) in [5.41, 5.74) is 0.422. The summed E-state index contributed by atoms with van der Waals surface area (Å²) in [7, 11) is 1.24. The van der Waals surface area contributed by atoms with Crippen LogP contribution < -0.4 is 14.9 Å². The Balaban J connectivity index is 2.28. The fraction of sp³-hybridized carbons (Fsp3) is 0.294. The minimum Gasteiger partial charge on any atom is -0.466 e. The highest BCUT2D eigenvalue weighted by Gasteiger charge is 2.33. The van der Waals surface area contributed by atoms with E-state index in [4.69, 9.17) is 4.74 Å². The average molecular weight is 392 g/mol. The lowest BCUT2D eigenvalue weighted by Crippen LogP contribution is -2.39. The molecule has 1 atom stereocenters. The van der Waals surface area contributed by atoms with E-state index >= 15 is 0 Å². The van der Waals surface area contributed by atoms with Crippen LogP contribution in [-0.2, 0) is 19.1 Å². The molecule has 0 radical (unpaired) electrons. The zero-order valence-electron chi connectivity index (χ0n) is 14.3. The van der Waals surface area contributed by atoms with Gasteiger partial charge in [0, 0.05) is 11.0 Å². The van der Waals surface area contributed by atoms with E-state index < -0.39 is 23.5 Å². The van der Waals surface area contributed by atoms with Gasteiger partial charge >= 0.3 is 11.9 Å². The topological polar surface area (TPSA) is 87.0 Å². The molecular weight excluding hydrogens is 376 g/mol. The molecule has 0 spiro atoms. The number of hydrogen-bond acceptors (Lipinski definition) is 8. The number of carbonyl (C=O) groups is 2. The third-order valence-corrected chi connectivity index (χ3v) is 5.69. The lowest BCUT2D eigenvalue weighted by atomic mass is 10.0. The molecule has 0 unspecified atom stereocenters. The van der Waals surface area contributed by atoms with Gasteiger partial charge in [0.2, 0.25) is 0 Å². The number of fused-ring (bicyclic) bond motifs is 1. The van der Waals surface area contributed by atoms with Crippen molar-refractivity contribution < 1.29 is 19.1 Å². The number of thiazole rings is 1. The minimum absolute atomic E-state index is 0.204. The largest absolute Gasteiger partial charge is 0.466 e. The summed E-state index contributed by atoms with van der Waals surface area (Å²) < 4.78 is 11.4. The molecule has 0 N–H and O–H groups in total. The second kappa shape index (κ2) is 7.38. The van der Waals surface area contributed by atoms with Gasteiger partial charge < -0.3 is 9.47 Å². The molecule has 1 aliphatic rings. The SMILES string of the molecule is CCOC(=O)C1=C(C)N=c2s/c(=C\C(=O)OC)c(=O)n2[C@H]1c1cccs1. The van der Waals surface area contributed by atoms with E-state index in [-0.39, 0.29) is 11.1 Å². The van der Waals surface area contributed by atoms with E-state index in [9.17, 15) is 14.4 Å². The van der Waals surface area contributed by atoms with Crippen LogP contribution in [-0.4, -0.2) is 30.2 Å². The number of ether oxygens (including phenoxy) is 2. The minimum atomic E-state index is -0.634. The molecule has 0 saturated heterocycles. The number of aromatic nitrogens is 1. The number of nitrogens with zero attached hydrogens (tertiary/aromatic N) is 2. The van der Waals surface area contributed by atoms with Crippen molar-refractivity contribution in [3.63, 3.8) is 0 Å². The maximum absolute atomic E-state index is 12.9. The summed E-state index contributed by atoms with van der Waals surface area (Å²) in [6.45, 7) is 3.66. The van der Waals surface area contributed by atoms with Gasteiger partial charge in [-0.2, -0.15) is 0 Å². The van der Waals surface area contributed by atoms with Crippen LogP contribution in [0.2, 0.25) is 0 Å². The Bertz CT molecular complexity index is 1060. The van der Waals surface area contributed by atoms with E-state index in [2.05, 4.69) is 9.73 Å². The van der Waals surface area contributed by atoms with Gasteiger partial charge in [0.25, 0.3) is 5.56 Å². The highest BCUT2D eigenvalue weighted by molar-refractivity contribution is 7.10. The van der Waals surface area contributed by atoms with Crippen LogP contribution in [0.15, 0.2) is 38.6 Å². The Kier molecular flexibility index (Phi) is 5.19. The quantitative estimate of drug-likeness (QED) is 0.724. The van der Waals surface area contributed by atoms with E-state index in [0.717, 1.165) is 22.3 Å². The molecule has 0 aliphatic carbocycles. The molecule has 26 heavy (non-hydrogen) atoms. The summed E-state index contributed by atoms with van der Waals surface area (Å²) in [6, 6.07) is 3.07. The molecule has 0 fully saturated rings. The second-order valence-corrected chi connectivity index (χ2v) is 7.33. The maximum Gasteiger partial charge on any atom is 0.338 e. The number of rotatable bonds is 4. The number of esters is 2. The van der Waals surface area contributed by atoms with Gasteiger partial charge in [0.15, 0.2) is 4.80 Å². The number of hydrogen-bond donors (Lipinski definition) is 0. The molecule has 3 rings (SSSR count). The zero-order chi connectivity index (χ0) is 18.8. The van der Waals surface area contributed by atoms with Gasteiger partial charge in [-0.05, 0) is 25.3 Å². The predicted molar refractivity (Wildman–Crippen MR) is 97.6 cm³/mol. The van der Waals surface area contributed by atoms with E-state index in [0.29, 0.717) is 16.1 Å². The number of allylic oxidation sites excluding steroid dienone is 1. The van der Waals surface area contributed by atoms with Gasteiger partial charge in [-0.15, -0.1) is 11.3 Å². The van der Waals surface area contributed by atoms with Crippen molar-refractivity contribution in [1.29, 1.82) is 0 Å². The van der Waals surface area contributed by atoms with Crippen molar-refractivity contribution in [2.45, 2.75) is 19.9 Å². The second-order valence-electron chi connectivity index (χ2n) is 5.34. The Hall–Kier alpha value is -2.52. The van der Waals surface area contributed by atoms with Crippen LogP contribution in [0.4, 0.5) is 0 Å². The molecule has 0 saturated carbocycles. The van der Waals surface area contributed by atoms with E-state index in [1.165, 1.54) is 23.0 Å². The first-order chi connectivity index (χ1) is 12.5. The standard InChI is InChI=1S/C17H16N2O5S2/c1-4-24-16(22)13-9(2)18-17-19(14(13)10-6-5-7-25-10)15(21)11(26-17)8-12(20)23-3/h5-8,14H,4H2,1-3H3/b11-8-/t14-/m0/s1. The van der Waals surface area contributed by atoms with E-state index in [1.807, 2.05) is 17.5 Å². The molecule has 0 bridgehead atoms. The highest BCUT2D eigenvalue weighted by Crippen LogP contribution is 2.33. The van der Waals surface area contributed by atoms with Crippen molar-refractivity contribution in [3.8, 4) is 0 Å². The molecule has 3 heterocycles. The lowest BCUT2D eigenvalue weighted by molar-refractivity contribution is -0.139. The normalized spacial score (nSPS) is 16.9. The van der Waals surface area contributed by atoms with Crippen molar-refractivity contribution in [2.24, 2.45) is 4.99 Å². The molecule has 2 aromatic rings. The van der Waals surface area contributed by atoms with Crippen LogP contribution in [0, 0.1) is 0 Å². The van der Waals surface area contributed by atoms with Crippen LogP contribution in [0.25, 0.3) is 6.08 Å². The van der Waals surface area contributed by atoms with Gasteiger partial charge in [-0.25, -0.2) is 14.6 Å². The van der Waals surface area contributed by atoms with Crippen LogP contribution in [0.5, 0.6) is 0 Å². The Morgan fingerprint density at radius 3 is 2.81 bits per heavy atom. The fourth-order valence-electron chi connectivity index (χ4n) is 2.67. The van der Waals surface area contributed by atoms with Crippen molar-refractivity contribution in [1.82, 2.24) is 4.57 Å². The van der Waals surface area contributed by atoms with Gasteiger partial charge in [-0.1, -0.05) is 17.4 Å². The summed E-state index contributed by atoms with van der Waals surface area (Å²) >= 11 is 2.51. The molecule has 2 aromatic heterocycles. The Labute approximate surface area is 156 Å². The third-order valence-electron chi connectivity index (χ3n) is 3.78. The van der Waals surface area contributed by atoms with Crippen molar-refractivity contribution in [3.05, 3.63) is 53.3 Å². The molecule has 1 aliphatic heterocycles. The van der Waals surface area contributed by atoms with E-state index in [1.54, 1.807) is 13.8 Å². The van der Waals surface area contributed by atoms with Gasteiger partial charge in [-0.3, -0.25) is 9.36 Å². The summed E-state index contributed by atoms with van der Waals surface area (Å²) in [6.07, 6.45) is 1.14. The average Bonchev–Trinajstić information content (AvgIpc) is 3.23. The molecule has 9 heteroatoms. The summed E-state index contributed by atoms with van der Waals surface area (Å²) in [4.78, 5) is 42.6. The number of thiophene rings is 1. The summed E-state index contributed by atoms with van der Waals surface area (Å²) in [5.74, 6) is -1.13. The first-order valence-corrected chi connectivity index (χ1v) is 9.48. The molecule has 0 aromatic carbocycles. The van der Waals surface area contributed by atoms with Gasteiger partial charge in [0.05, 0.1) is 25.0 Å². The lowest BCUT2D eigenvalue weighted by Gasteiger charge is -2.23. The molecule has 7 nitrogen and oxygen atoms in total. The Morgan fingerprint density at radius 2 is 2.19 bits per heavy atom. The fourth-order valence-corrected chi connectivity index (χ4v) is 4.50. The van der Waals surface area contributed by atoms with Crippen molar-refractivity contribution in [2.75, 3.05) is 13.7 Å². The van der Waals surface area contributed by atoms with Crippen LogP contribution in [0.1, 0.15) is 24.8 Å². The maximum atomic E-state index is 12.9. The Morgan fingerprint density at radius 1 is 1.42 bits per heavy atom.